The first-order valence-electron chi connectivity index (χ1n) is 9.42. The molecule has 0 saturated heterocycles. The van der Waals surface area contributed by atoms with Crippen LogP contribution < -0.4 is 27.3 Å². The van der Waals surface area contributed by atoms with Gasteiger partial charge in [-0.25, -0.2) is 4.98 Å². The van der Waals surface area contributed by atoms with Crippen LogP contribution in [0.5, 0.6) is 5.75 Å². The highest BCUT2D eigenvalue weighted by molar-refractivity contribution is 5.85. The van der Waals surface area contributed by atoms with E-state index in [0.29, 0.717) is 29.9 Å². The number of anilines is 2. The van der Waals surface area contributed by atoms with E-state index in [9.17, 15) is 0 Å². The number of rotatable bonds is 9. The van der Waals surface area contributed by atoms with E-state index in [4.69, 9.17) is 21.9 Å². The van der Waals surface area contributed by atoms with Crippen LogP contribution in [0.4, 0.5) is 11.8 Å². The molecule has 0 amide bonds. The normalized spacial score (nSPS) is 12.3. The fourth-order valence-electron chi connectivity index (χ4n) is 3.00. The van der Waals surface area contributed by atoms with Crippen LogP contribution in [0.25, 0.3) is 11.0 Å². The van der Waals surface area contributed by atoms with Crippen molar-refractivity contribution in [2.75, 3.05) is 31.2 Å². The number of methoxy groups -OCH3 is 1. The Bertz CT molecular complexity index is 939. The zero-order valence-corrected chi connectivity index (χ0v) is 16.4. The van der Waals surface area contributed by atoms with Crippen molar-refractivity contribution in [1.82, 2.24) is 19.7 Å². The summed E-state index contributed by atoms with van der Waals surface area (Å²) in [5.74, 6) is 1.63. The van der Waals surface area contributed by atoms with Gasteiger partial charge in [-0.15, -0.1) is 0 Å². The lowest BCUT2D eigenvalue weighted by Gasteiger charge is -2.14. The van der Waals surface area contributed by atoms with E-state index in [1.807, 2.05) is 29.1 Å². The number of fused-ring (bicyclic) bond motifs is 1. The minimum atomic E-state index is -0.217. The highest BCUT2D eigenvalue weighted by atomic mass is 16.5. The molecule has 150 valence electrons. The molecule has 1 aromatic carbocycles. The third kappa shape index (κ3) is 4.32. The second kappa shape index (κ2) is 8.85. The lowest BCUT2D eigenvalue weighted by atomic mass is 10.0. The fraction of sp³-hybridized carbons (Fsp3) is 0.421. The summed E-state index contributed by atoms with van der Waals surface area (Å²) in [7, 11) is 1.64. The number of hydrogen-bond donors (Lipinski definition) is 4. The van der Waals surface area contributed by atoms with Crippen LogP contribution in [0.2, 0.25) is 0 Å². The monoisotopic (exact) mass is 384 g/mol. The van der Waals surface area contributed by atoms with Gasteiger partial charge in [0, 0.05) is 24.7 Å². The number of unbranched alkanes of at least 4 members (excludes halogenated alkanes) is 1. The summed E-state index contributed by atoms with van der Waals surface area (Å²) in [6, 6.07) is 5.65. The molecule has 28 heavy (non-hydrogen) atoms. The molecule has 3 aromatic rings. The number of ether oxygens (including phenoxy) is 1. The first kappa shape index (κ1) is 19.8. The van der Waals surface area contributed by atoms with Crippen LogP contribution in [0, 0.1) is 0 Å². The summed E-state index contributed by atoms with van der Waals surface area (Å²) in [6.45, 7) is 3.85. The van der Waals surface area contributed by atoms with E-state index in [1.54, 1.807) is 7.11 Å². The molecule has 0 saturated carbocycles. The second-order valence-electron chi connectivity index (χ2n) is 6.68. The maximum atomic E-state index is 6.02. The predicted molar refractivity (Wildman–Crippen MR) is 111 cm³/mol. The highest BCUT2D eigenvalue weighted by Gasteiger charge is 2.13. The summed E-state index contributed by atoms with van der Waals surface area (Å²) < 4.78 is 7.35. The number of nitrogen functional groups attached to an aromatic ring is 1. The van der Waals surface area contributed by atoms with E-state index in [2.05, 4.69) is 27.3 Å². The molecule has 7 N–H and O–H groups in total. The summed E-state index contributed by atoms with van der Waals surface area (Å²) >= 11 is 0. The summed E-state index contributed by atoms with van der Waals surface area (Å²) in [5, 5.41) is 7.95. The Morgan fingerprint density at radius 2 is 2.11 bits per heavy atom. The van der Waals surface area contributed by atoms with E-state index in [-0.39, 0.29) is 12.0 Å². The van der Waals surface area contributed by atoms with Crippen molar-refractivity contribution in [3.8, 4) is 5.75 Å². The van der Waals surface area contributed by atoms with Crippen molar-refractivity contribution in [1.29, 1.82) is 0 Å². The van der Waals surface area contributed by atoms with Crippen LogP contribution in [-0.2, 0) is 6.54 Å². The molecule has 9 nitrogen and oxygen atoms in total. The fourth-order valence-corrected chi connectivity index (χ4v) is 3.00. The summed E-state index contributed by atoms with van der Waals surface area (Å²) in [4.78, 5) is 8.60. The molecule has 0 bridgehead atoms. The maximum Gasteiger partial charge on any atom is 0.222 e. The van der Waals surface area contributed by atoms with Gasteiger partial charge in [0.25, 0.3) is 0 Å². The van der Waals surface area contributed by atoms with Gasteiger partial charge in [-0.3, -0.25) is 4.68 Å². The van der Waals surface area contributed by atoms with Gasteiger partial charge in [-0.05, 0) is 18.1 Å². The number of nitrogens with two attached hydrogens (primary N) is 3. The molecule has 2 aromatic heterocycles. The summed E-state index contributed by atoms with van der Waals surface area (Å²) in [6.07, 6.45) is 3.99. The van der Waals surface area contributed by atoms with Gasteiger partial charge >= 0.3 is 0 Å². The average molecular weight is 384 g/mol. The maximum absolute atomic E-state index is 6.02. The number of nitrogens with zero attached hydrogens (tertiary/aromatic N) is 4. The quantitative estimate of drug-likeness (QED) is 0.408. The molecule has 0 unspecified atom stereocenters. The van der Waals surface area contributed by atoms with Gasteiger partial charge in [0.1, 0.15) is 11.3 Å². The topological polar surface area (TPSA) is 143 Å². The minimum Gasteiger partial charge on any atom is -0.496 e. The van der Waals surface area contributed by atoms with Crippen molar-refractivity contribution < 1.29 is 4.74 Å². The Labute approximate surface area is 164 Å². The van der Waals surface area contributed by atoms with E-state index in [1.165, 1.54) is 0 Å². The first-order valence-corrected chi connectivity index (χ1v) is 9.42. The smallest absolute Gasteiger partial charge is 0.222 e. The number of hydrogen-bond acceptors (Lipinski definition) is 8. The third-order valence-electron chi connectivity index (χ3n) is 4.58. The van der Waals surface area contributed by atoms with Crippen LogP contribution in [0.3, 0.4) is 0 Å². The van der Waals surface area contributed by atoms with E-state index in [0.717, 1.165) is 36.3 Å². The van der Waals surface area contributed by atoms with Crippen LogP contribution in [-0.4, -0.2) is 39.9 Å². The van der Waals surface area contributed by atoms with Gasteiger partial charge in [0.2, 0.25) is 5.95 Å². The van der Waals surface area contributed by atoms with Gasteiger partial charge in [-0.1, -0.05) is 25.5 Å². The van der Waals surface area contributed by atoms with Gasteiger partial charge < -0.3 is 27.3 Å². The predicted octanol–water partition coefficient (Wildman–Crippen LogP) is 1.64. The molecule has 0 aliphatic rings. The largest absolute Gasteiger partial charge is 0.496 e. The second-order valence-corrected chi connectivity index (χ2v) is 6.68. The molecule has 0 aliphatic carbocycles. The lowest BCUT2D eigenvalue weighted by Crippen LogP contribution is -2.20. The SMILES string of the molecule is CCCCNc1nc(N)nc2cn(Cc3ccc([C@H](N)CN)cc3OC)nc12. The lowest BCUT2D eigenvalue weighted by molar-refractivity contribution is 0.406. The molecule has 1 atom stereocenters. The van der Waals surface area contributed by atoms with E-state index < -0.39 is 0 Å². The molecule has 3 rings (SSSR count). The Hall–Kier alpha value is -2.91. The highest BCUT2D eigenvalue weighted by Crippen LogP contribution is 2.25. The average Bonchev–Trinajstić information content (AvgIpc) is 3.10. The molecule has 9 heteroatoms. The third-order valence-corrected chi connectivity index (χ3v) is 4.58. The standard InChI is InChI=1S/C19H28N8O/c1-3-4-7-23-18-17-15(24-19(22)25-18)11-27(26-17)10-13-6-5-12(14(21)9-20)8-16(13)28-2/h5-6,8,11,14H,3-4,7,9-10,20-21H2,1-2H3,(H3,22,23,24,25)/t14-/m1/s1. The van der Waals surface area contributed by atoms with Gasteiger partial charge in [0.15, 0.2) is 11.3 Å². The Balaban J connectivity index is 1.89. The first-order chi connectivity index (χ1) is 13.5. The minimum absolute atomic E-state index is 0.217. The van der Waals surface area contributed by atoms with Crippen molar-refractivity contribution >= 4 is 22.8 Å². The Morgan fingerprint density at radius 1 is 1.29 bits per heavy atom. The molecule has 2 heterocycles. The van der Waals surface area contributed by atoms with Crippen LogP contribution in [0.1, 0.15) is 36.9 Å². The number of benzene rings is 1. The Morgan fingerprint density at radius 3 is 2.82 bits per heavy atom. The molecule has 0 fully saturated rings. The molecule has 0 radical (unpaired) electrons. The van der Waals surface area contributed by atoms with Crippen molar-refractivity contribution in [2.45, 2.75) is 32.4 Å². The van der Waals surface area contributed by atoms with Crippen molar-refractivity contribution in [3.63, 3.8) is 0 Å². The van der Waals surface area contributed by atoms with Crippen LogP contribution in [0.15, 0.2) is 24.4 Å². The number of aromatic nitrogens is 4. The zero-order valence-electron chi connectivity index (χ0n) is 16.4. The molecule has 0 aliphatic heterocycles. The number of nitrogens with one attached hydrogen (secondary N) is 1. The van der Waals surface area contributed by atoms with E-state index >= 15 is 0 Å². The molecular weight excluding hydrogens is 356 g/mol. The van der Waals surface area contributed by atoms with Crippen molar-refractivity contribution in [2.24, 2.45) is 11.5 Å². The van der Waals surface area contributed by atoms with Gasteiger partial charge in [-0.2, -0.15) is 10.1 Å². The van der Waals surface area contributed by atoms with Crippen molar-refractivity contribution in [3.05, 3.63) is 35.5 Å². The van der Waals surface area contributed by atoms with Crippen LogP contribution >= 0.6 is 0 Å². The summed E-state index contributed by atoms with van der Waals surface area (Å²) in [5.41, 5.74) is 20.9. The van der Waals surface area contributed by atoms with Gasteiger partial charge in [0.05, 0.1) is 19.9 Å². The zero-order chi connectivity index (χ0) is 20.1. The molecular formula is C19H28N8O. The molecule has 0 spiro atoms. The Kier molecular flexibility index (Phi) is 6.27.